The van der Waals surface area contributed by atoms with Crippen LogP contribution in [-0.2, 0) is 16.1 Å². The van der Waals surface area contributed by atoms with E-state index in [2.05, 4.69) is 0 Å². The minimum Gasteiger partial charge on any atom is -0.370 e. The molecule has 0 N–H and O–H groups in total. The first kappa shape index (κ1) is 15.8. The van der Waals surface area contributed by atoms with E-state index in [1.807, 2.05) is 47.5 Å². The number of halogens is 1. The number of hydrogen-bond donors (Lipinski definition) is 0. The Bertz CT molecular complexity index is 891. The fourth-order valence-electron chi connectivity index (χ4n) is 3.29. The van der Waals surface area contributed by atoms with Gasteiger partial charge in [0, 0.05) is 12.7 Å². The second-order valence-corrected chi connectivity index (χ2v) is 6.26. The molecule has 1 aliphatic heterocycles. The molecule has 1 fully saturated rings. The van der Waals surface area contributed by atoms with Crippen molar-refractivity contribution in [3.05, 3.63) is 72.2 Å². The van der Waals surface area contributed by atoms with Crippen LogP contribution in [0.1, 0.15) is 11.7 Å². The highest BCUT2D eigenvalue weighted by Gasteiger charge is 2.25. The van der Waals surface area contributed by atoms with Crippen LogP contribution >= 0.6 is 0 Å². The number of rotatable bonds is 3. The molecule has 25 heavy (non-hydrogen) atoms. The van der Waals surface area contributed by atoms with Crippen molar-refractivity contribution in [3.8, 4) is 0 Å². The second-order valence-electron chi connectivity index (χ2n) is 6.26. The van der Waals surface area contributed by atoms with Crippen LogP contribution in [0.4, 0.5) is 4.39 Å². The first-order chi connectivity index (χ1) is 12.2. The Morgan fingerprint density at radius 2 is 2.00 bits per heavy atom. The van der Waals surface area contributed by atoms with Crippen molar-refractivity contribution in [1.82, 2.24) is 9.47 Å². The summed E-state index contributed by atoms with van der Waals surface area (Å²) in [5, 5.41) is 0.929. The molecule has 128 valence electrons. The van der Waals surface area contributed by atoms with Gasteiger partial charge < -0.3 is 14.2 Å². The molecule has 0 radical (unpaired) electrons. The highest BCUT2D eigenvalue weighted by Crippen LogP contribution is 2.23. The van der Waals surface area contributed by atoms with E-state index in [1.165, 1.54) is 12.1 Å². The zero-order valence-electron chi connectivity index (χ0n) is 13.8. The van der Waals surface area contributed by atoms with Crippen molar-refractivity contribution in [2.45, 2.75) is 12.6 Å². The average molecular weight is 338 g/mol. The lowest BCUT2D eigenvalue weighted by molar-refractivity contribution is -0.139. The highest BCUT2D eigenvalue weighted by atomic mass is 19.1. The molecule has 0 saturated carbocycles. The van der Waals surface area contributed by atoms with E-state index in [-0.39, 0.29) is 24.4 Å². The van der Waals surface area contributed by atoms with E-state index in [0.717, 1.165) is 16.5 Å². The maximum absolute atomic E-state index is 13.5. The largest absolute Gasteiger partial charge is 0.370 e. The smallest absolute Gasteiger partial charge is 0.242 e. The number of aromatic nitrogens is 1. The van der Waals surface area contributed by atoms with Gasteiger partial charge in [-0.2, -0.15) is 0 Å². The van der Waals surface area contributed by atoms with Gasteiger partial charge in [0.15, 0.2) is 0 Å². The van der Waals surface area contributed by atoms with Gasteiger partial charge in [-0.25, -0.2) is 4.39 Å². The quantitative estimate of drug-likeness (QED) is 0.734. The summed E-state index contributed by atoms with van der Waals surface area (Å²) in [5.41, 5.74) is 1.81. The van der Waals surface area contributed by atoms with Crippen LogP contribution in [0.2, 0.25) is 0 Å². The Kier molecular flexibility index (Phi) is 4.24. The summed E-state index contributed by atoms with van der Waals surface area (Å²) in [5.74, 6) is -0.276. The Hall–Kier alpha value is -2.66. The van der Waals surface area contributed by atoms with Crippen LogP contribution in [0.15, 0.2) is 60.8 Å². The molecule has 0 aliphatic carbocycles. The maximum Gasteiger partial charge on any atom is 0.242 e. The molecule has 2 heterocycles. The van der Waals surface area contributed by atoms with E-state index < -0.39 is 0 Å². The highest BCUT2D eigenvalue weighted by molar-refractivity contribution is 5.83. The van der Waals surface area contributed by atoms with Gasteiger partial charge in [-0.05, 0) is 35.2 Å². The van der Waals surface area contributed by atoms with Crippen molar-refractivity contribution < 1.29 is 13.9 Å². The van der Waals surface area contributed by atoms with Crippen molar-refractivity contribution >= 4 is 16.8 Å². The molecule has 0 spiro atoms. The van der Waals surface area contributed by atoms with Crippen molar-refractivity contribution in [1.29, 1.82) is 0 Å². The zero-order chi connectivity index (χ0) is 17.2. The zero-order valence-corrected chi connectivity index (χ0v) is 13.8. The Labute approximate surface area is 145 Å². The number of ether oxygens (including phenoxy) is 1. The number of carbonyl (C=O) groups is 1. The second kappa shape index (κ2) is 6.69. The van der Waals surface area contributed by atoms with E-state index in [4.69, 9.17) is 4.74 Å². The molecule has 4 rings (SSSR count). The summed E-state index contributed by atoms with van der Waals surface area (Å²) in [4.78, 5) is 14.6. The predicted octanol–water partition coefficient (Wildman–Crippen LogP) is 3.38. The molecule has 1 aliphatic rings. The van der Waals surface area contributed by atoms with Gasteiger partial charge in [-0.1, -0.05) is 30.3 Å². The van der Waals surface area contributed by atoms with Gasteiger partial charge in [-0.3, -0.25) is 4.79 Å². The van der Waals surface area contributed by atoms with Gasteiger partial charge in [0.25, 0.3) is 0 Å². The maximum atomic E-state index is 13.5. The topological polar surface area (TPSA) is 34.5 Å². The Balaban J connectivity index is 1.49. The lowest BCUT2D eigenvalue weighted by Crippen LogP contribution is -2.43. The number of nitrogens with zero attached hydrogens (tertiary/aromatic N) is 2. The lowest BCUT2D eigenvalue weighted by Gasteiger charge is -2.33. The molecule has 5 heteroatoms. The number of hydrogen-bond acceptors (Lipinski definition) is 2. The molecule has 0 bridgehead atoms. The first-order valence-electron chi connectivity index (χ1n) is 8.39. The minimum atomic E-state index is -0.296. The van der Waals surface area contributed by atoms with E-state index in [1.54, 1.807) is 10.6 Å². The van der Waals surface area contributed by atoms with Crippen LogP contribution in [0.3, 0.4) is 0 Å². The summed E-state index contributed by atoms with van der Waals surface area (Å²) in [6.45, 7) is 1.84. The number of fused-ring (bicyclic) bond motifs is 1. The SMILES string of the molecule is O=C(Cn1ccc2ccc(F)cc21)N1CCOC(c2ccccc2)C1. The molecule has 2 aromatic carbocycles. The molecule has 1 amide bonds. The number of amides is 1. The van der Waals surface area contributed by atoms with Crippen molar-refractivity contribution in [2.75, 3.05) is 19.7 Å². The Morgan fingerprint density at radius 1 is 1.16 bits per heavy atom. The summed E-state index contributed by atoms with van der Waals surface area (Å²) in [7, 11) is 0. The van der Waals surface area contributed by atoms with Gasteiger partial charge >= 0.3 is 0 Å². The summed E-state index contributed by atoms with van der Waals surface area (Å²) >= 11 is 0. The lowest BCUT2D eigenvalue weighted by atomic mass is 10.1. The van der Waals surface area contributed by atoms with E-state index >= 15 is 0 Å². The third-order valence-corrected chi connectivity index (χ3v) is 4.63. The number of carbonyl (C=O) groups excluding carboxylic acids is 1. The minimum absolute atomic E-state index is 0.0194. The normalized spacial score (nSPS) is 17.8. The van der Waals surface area contributed by atoms with Crippen molar-refractivity contribution in [3.63, 3.8) is 0 Å². The predicted molar refractivity (Wildman–Crippen MR) is 93.6 cm³/mol. The molecule has 3 aromatic rings. The molecular weight excluding hydrogens is 319 g/mol. The fourth-order valence-corrected chi connectivity index (χ4v) is 3.29. The third-order valence-electron chi connectivity index (χ3n) is 4.63. The standard InChI is InChI=1S/C20H19FN2O2/c21-17-7-6-15-8-9-22(18(15)12-17)14-20(24)23-10-11-25-19(13-23)16-4-2-1-3-5-16/h1-9,12,19H,10-11,13-14H2. The number of benzene rings is 2. The molecule has 1 atom stereocenters. The molecule has 4 nitrogen and oxygen atoms in total. The summed E-state index contributed by atoms with van der Waals surface area (Å²) in [6.07, 6.45) is 1.73. The molecule has 1 saturated heterocycles. The van der Waals surface area contributed by atoms with Gasteiger partial charge in [0.2, 0.25) is 5.91 Å². The van der Waals surface area contributed by atoms with Crippen LogP contribution in [0.25, 0.3) is 10.9 Å². The van der Waals surface area contributed by atoms with Gasteiger partial charge in [-0.15, -0.1) is 0 Å². The van der Waals surface area contributed by atoms with Crippen molar-refractivity contribution in [2.24, 2.45) is 0 Å². The van der Waals surface area contributed by atoms with E-state index in [9.17, 15) is 9.18 Å². The summed E-state index contributed by atoms with van der Waals surface area (Å²) in [6, 6.07) is 16.5. The molecular formula is C20H19FN2O2. The summed E-state index contributed by atoms with van der Waals surface area (Å²) < 4.78 is 21.1. The van der Waals surface area contributed by atoms with Gasteiger partial charge in [0.1, 0.15) is 18.5 Å². The molecule has 1 aromatic heterocycles. The monoisotopic (exact) mass is 338 g/mol. The van der Waals surface area contributed by atoms with Gasteiger partial charge in [0.05, 0.1) is 18.7 Å². The third kappa shape index (κ3) is 3.28. The average Bonchev–Trinajstić information content (AvgIpc) is 3.04. The molecule has 1 unspecified atom stereocenters. The van der Waals surface area contributed by atoms with Crippen LogP contribution in [0, 0.1) is 5.82 Å². The number of morpholine rings is 1. The fraction of sp³-hybridized carbons (Fsp3) is 0.250. The van der Waals surface area contributed by atoms with E-state index in [0.29, 0.717) is 19.7 Å². The Morgan fingerprint density at radius 3 is 2.84 bits per heavy atom. The van der Waals surface area contributed by atoms with Crippen LogP contribution in [-0.4, -0.2) is 35.1 Å². The van der Waals surface area contributed by atoms with Crippen LogP contribution in [0.5, 0.6) is 0 Å². The first-order valence-corrected chi connectivity index (χ1v) is 8.39. The van der Waals surface area contributed by atoms with Crippen LogP contribution < -0.4 is 0 Å².